The van der Waals surface area contributed by atoms with Crippen LogP contribution < -0.4 is 5.32 Å². The summed E-state index contributed by atoms with van der Waals surface area (Å²) in [5, 5.41) is 7.62. The number of hydrogen-bond donors (Lipinski definition) is 1. The van der Waals surface area contributed by atoms with Gasteiger partial charge in [0.25, 0.3) is 0 Å². The lowest BCUT2D eigenvalue weighted by Gasteiger charge is -2.37. The monoisotopic (exact) mass is 265 g/mol. The van der Waals surface area contributed by atoms with Crippen LogP contribution in [0, 0.1) is 5.41 Å². The molecule has 2 saturated heterocycles. The van der Waals surface area contributed by atoms with Gasteiger partial charge in [0.2, 0.25) is 0 Å². The molecule has 2 atom stereocenters. The molecule has 2 aliphatic rings. The molecule has 2 fully saturated rings. The van der Waals surface area contributed by atoms with E-state index < -0.39 is 0 Å². The van der Waals surface area contributed by atoms with E-state index in [0.29, 0.717) is 5.41 Å². The number of ether oxygens (including phenoxy) is 1. The van der Waals surface area contributed by atoms with Gasteiger partial charge >= 0.3 is 0 Å². The van der Waals surface area contributed by atoms with E-state index in [-0.39, 0.29) is 6.10 Å². The van der Waals surface area contributed by atoms with Crippen LogP contribution in [0.15, 0.2) is 12.7 Å². The van der Waals surface area contributed by atoms with Crippen LogP contribution >= 0.6 is 0 Å². The molecule has 2 aliphatic heterocycles. The molecular formula is C13H23N5O. The van der Waals surface area contributed by atoms with Gasteiger partial charge in [-0.1, -0.05) is 6.92 Å². The number of aromatic nitrogens is 3. The lowest BCUT2D eigenvalue weighted by Crippen LogP contribution is -2.48. The van der Waals surface area contributed by atoms with Crippen LogP contribution in [0.4, 0.5) is 0 Å². The van der Waals surface area contributed by atoms with Gasteiger partial charge in [-0.05, 0) is 18.4 Å². The van der Waals surface area contributed by atoms with Gasteiger partial charge in [-0.2, -0.15) is 5.10 Å². The number of rotatable bonds is 4. The van der Waals surface area contributed by atoms with Crippen molar-refractivity contribution < 1.29 is 4.74 Å². The number of nitrogens with zero attached hydrogens (tertiary/aromatic N) is 4. The molecule has 0 radical (unpaired) electrons. The maximum absolute atomic E-state index is 5.83. The van der Waals surface area contributed by atoms with Crippen molar-refractivity contribution in [2.24, 2.45) is 5.41 Å². The Morgan fingerprint density at radius 1 is 1.53 bits per heavy atom. The van der Waals surface area contributed by atoms with Crippen LogP contribution in [0.2, 0.25) is 0 Å². The zero-order valence-corrected chi connectivity index (χ0v) is 11.6. The van der Waals surface area contributed by atoms with Crippen LogP contribution in [0.3, 0.4) is 0 Å². The Morgan fingerprint density at radius 3 is 3.21 bits per heavy atom. The summed E-state index contributed by atoms with van der Waals surface area (Å²) in [4.78, 5) is 6.52. The standard InChI is InChI=1S/C13H23N5O/c1-13(2-3-14-8-13)9-17-4-5-19-12(6-17)7-18-11-15-10-16-18/h10-12,14H,2-9H2,1H3. The van der Waals surface area contributed by atoms with Crippen molar-refractivity contribution in [3.63, 3.8) is 0 Å². The highest BCUT2D eigenvalue weighted by atomic mass is 16.5. The number of nitrogens with one attached hydrogen (secondary N) is 1. The molecule has 1 aromatic rings. The van der Waals surface area contributed by atoms with Crippen LogP contribution in [-0.4, -0.2) is 65.1 Å². The van der Waals surface area contributed by atoms with Gasteiger partial charge in [0.1, 0.15) is 12.7 Å². The SMILES string of the molecule is CC1(CN2CCOC(Cn3cncn3)C2)CCNC1. The summed E-state index contributed by atoms with van der Waals surface area (Å²) in [7, 11) is 0. The highest BCUT2D eigenvalue weighted by Gasteiger charge is 2.32. The summed E-state index contributed by atoms with van der Waals surface area (Å²) >= 11 is 0. The fourth-order valence-corrected chi connectivity index (χ4v) is 3.11. The van der Waals surface area contributed by atoms with E-state index in [4.69, 9.17) is 4.74 Å². The van der Waals surface area contributed by atoms with E-state index in [2.05, 4.69) is 27.2 Å². The molecule has 0 aromatic carbocycles. The Balaban J connectivity index is 1.53. The first-order valence-corrected chi connectivity index (χ1v) is 7.11. The molecule has 0 aliphatic carbocycles. The lowest BCUT2D eigenvalue weighted by molar-refractivity contribution is -0.0467. The third kappa shape index (κ3) is 3.32. The molecule has 3 heterocycles. The van der Waals surface area contributed by atoms with Gasteiger partial charge in [-0.3, -0.25) is 9.58 Å². The minimum Gasteiger partial charge on any atom is -0.374 e. The first-order valence-electron chi connectivity index (χ1n) is 7.11. The number of hydrogen-bond acceptors (Lipinski definition) is 5. The summed E-state index contributed by atoms with van der Waals surface area (Å²) in [5.41, 5.74) is 0.426. The van der Waals surface area contributed by atoms with Crippen molar-refractivity contribution in [1.29, 1.82) is 0 Å². The second-order valence-electron chi connectivity index (χ2n) is 6.08. The lowest BCUT2D eigenvalue weighted by atomic mass is 9.89. The van der Waals surface area contributed by atoms with Crippen LogP contribution in [0.5, 0.6) is 0 Å². The molecule has 0 saturated carbocycles. The Bertz CT molecular complexity index is 388. The quantitative estimate of drug-likeness (QED) is 0.829. The first-order chi connectivity index (χ1) is 9.23. The summed E-state index contributed by atoms with van der Waals surface area (Å²) in [5.74, 6) is 0. The second-order valence-corrected chi connectivity index (χ2v) is 6.08. The normalized spacial score (nSPS) is 32.8. The first kappa shape index (κ1) is 13.0. The van der Waals surface area contributed by atoms with Gasteiger partial charge in [0.15, 0.2) is 0 Å². The minimum atomic E-state index is 0.230. The van der Waals surface area contributed by atoms with Crippen molar-refractivity contribution in [3.05, 3.63) is 12.7 Å². The zero-order valence-electron chi connectivity index (χ0n) is 11.6. The van der Waals surface area contributed by atoms with Gasteiger partial charge in [-0.15, -0.1) is 0 Å². The van der Waals surface area contributed by atoms with E-state index >= 15 is 0 Å². The van der Waals surface area contributed by atoms with E-state index in [1.54, 1.807) is 12.7 Å². The van der Waals surface area contributed by atoms with Crippen molar-refractivity contribution in [2.75, 3.05) is 39.3 Å². The predicted molar refractivity (Wildman–Crippen MR) is 71.8 cm³/mol. The molecule has 1 aromatic heterocycles. The topological polar surface area (TPSA) is 55.2 Å². The van der Waals surface area contributed by atoms with Crippen LogP contribution in [-0.2, 0) is 11.3 Å². The van der Waals surface area contributed by atoms with Crippen molar-refractivity contribution in [1.82, 2.24) is 25.0 Å². The predicted octanol–water partition coefficient (Wildman–Crippen LogP) is -0.0215. The van der Waals surface area contributed by atoms with Gasteiger partial charge in [-0.25, -0.2) is 4.98 Å². The van der Waals surface area contributed by atoms with Gasteiger partial charge in [0.05, 0.1) is 19.3 Å². The summed E-state index contributed by atoms with van der Waals surface area (Å²) < 4.78 is 7.69. The second kappa shape index (κ2) is 5.56. The van der Waals surface area contributed by atoms with E-state index in [1.165, 1.54) is 6.42 Å². The third-order valence-electron chi connectivity index (χ3n) is 4.14. The Kier molecular flexibility index (Phi) is 3.81. The molecule has 6 nitrogen and oxygen atoms in total. The molecule has 0 bridgehead atoms. The van der Waals surface area contributed by atoms with Crippen LogP contribution in [0.1, 0.15) is 13.3 Å². The highest BCUT2D eigenvalue weighted by Crippen LogP contribution is 2.26. The van der Waals surface area contributed by atoms with Crippen molar-refractivity contribution in [2.45, 2.75) is 26.0 Å². The highest BCUT2D eigenvalue weighted by molar-refractivity contribution is 4.88. The van der Waals surface area contributed by atoms with Gasteiger partial charge < -0.3 is 10.1 Å². The molecule has 2 unspecified atom stereocenters. The Hall–Kier alpha value is -0.980. The maximum atomic E-state index is 5.83. The minimum absolute atomic E-state index is 0.230. The molecule has 0 spiro atoms. The van der Waals surface area contributed by atoms with E-state index in [9.17, 15) is 0 Å². The Morgan fingerprint density at radius 2 is 2.47 bits per heavy atom. The fraction of sp³-hybridized carbons (Fsp3) is 0.846. The molecule has 0 amide bonds. The molecule has 3 rings (SSSR count). The summed E-state index contributed by atoms with van der Waals surface area (Å²) in [6.45, 7) is 9.50. The maximum Gasteiger partial charge on any atom is 0.137 e. The van der Waals surface area contributed by atoms with Crippen molar-refractivity contribution in [3.8, 4) is 0 Å². The third-order valence-corrected chi connectivity index (χ3v) is 4.14. The Labute approximate surface area is 114 Å². The molecular weight excluding hydrogens is 242 g/mol. The average Bonchev–Trinajstić information content (AvgIpc) is 3.02. The molecule has 1 N–H and O–H groups in total. The van der Waals surface area contributed by atoms with Gasteiger partial charge in [0, 0.05) is 26.2 Å². The zero-order chi connectivity index (χ0) is 13.1. The molecule has 6 heteroatoms. The largest absolute Gasteiger partial charge is 0.374 e. The van der Waals surface area contributed by atoms with Crippen LogP contribution in [0.25, 0.3) is 0 Å². The van der Waals surface area contributed by atoms with Crippen molar-refractivity contribution >= 4 is 0 Å². The summed E-state index contributed by atoms with van der Waals surface area (Å²) in [6, 6.07) is 0. The average molecular weight is 265 g/mol. The van der Waals surface area contributed by atoms with E-state index in [1.807, 2.05) is 4.68 Å². The molecule has 19 heavy (non-hydrogen) atoms. The molecule has 106 valence electrons. The van der Waals surface area contributed by atoms with E-state index in [0.717, 1.165) is 45.9 Å². The summed E-state index contributed by atoms with van der Waals surface area (Å²) in [6.07, 6.45) is 4.84. The smallest absolute Gasteiger partial charge is 0.137 e. The number of morpholine rings is 1. The fourth-order valence-electron chi connectivity index (χ4n) is 3.11.